The van der Waals surface area contributed by atoms with Gasteiger partial charge in [0, 0.05) is 5.92 Å². The van der Waals surface area contributed by atoms with Gasteiger partial charge in [-0.15, -0.1) is 0 Å². The maximum Gasteiger partial charge on any atom is 0.244 e. The molecule has 3 rings (SSSR count). The Labute approximate surface area is 137 Å². The summed E-state index contributed by atoms with van der Waals surface area (Å²) in [6.07, 6.45) is 0. The van der Waals surface area contributed by atoms with Crippen LogP contribution in [0.2, 0.25) is 0 Å². The van der Waals surface area contributed by atoms with Crippen LogP contribution in [0.25, 0.3) is 11.0 Å². The minimum absolute atomic E-state index is 0.0826. The van der Waals surface area contributed by atoms with Gasteiger partial charge in [0.1, 0.15) is 15.9 Å². The van der Waals surface area contributed by atoms with Crippen LogP contribution in [0.5, 0.6) is 0 Å². The normalized spacial score (nSPS) is 13.7. The number of nitrogens with one attached hydrogen (secondary N) is 1. The van der Waals surface area contributed by atoms with Gasteiger partial charge in [0.25, 0.3) is 0 Å². The van der Waals surface area contributed by atoms with Crippen molar-refractivity contribution in [2.24, 2.45) is 0 Å². The van der Waals surface area contributed by atoms with Gasteiger partial charge in [-0.05, 0) is 19.1 Å². The lowest BCUT2D eigenvalue weighted by atomic mass is 10.2. The third kappa shape index (κ3) is 3.09. The molecular weight excluding hydrogens is 338 g/mol. The molecular formula is C13H15N5O3S2. The third-order valence-corrected chi connectivity index (χ3v) is 5.33. The zero-order valence-corrected chi connectivity index (χ0v) is 14.3. The van der Waals surface area contributed by atoms with Gasteiger partial charge in [0.2, 0.25) is 15.9 Å². The van der Waals surface area contributed by atoms with Crippen molar-refractivity contribution in [1.82, 2.24) is 23.6 Å². The molecule has 0 amide bonds. The average Bonchev–Trinajstić information content (AvgIpc) is 3.15. The largest absolute Gasteiger partial charge is 0.338 e. The number of rotatable bonds is 5. The van der Waals surface area contributed by atoms with Crippen molar-refractivity contribution < 1.29 is 12.9 Å². The average molecular weight is 353 g/mol. The Kier molecular flexibility index (Phi) is 4.13. The van der Waals surface area contributed by atoms with Crippen LogP contribution in [0.1, 0.15) is 44.4 Å². The number of hydrogen-bond acceptors (Lipinski definition) is 8. The number of sulfonamides is 1. The molecule has 23 heavy (non-hydrogen) atoms. The molecule has 10 heteroatoms. The van der Waals surface area contributed by atoms with Gasteiger partial charge < -0.3 is 4.52 Å². The Morgan fingerprint density at radius 1 is 1.22 bits per heavy atom. The van der Waals surface area contributed by atoms with E-state index in [-0.39, 0.29) is 16.7 Å². The van der Waals surface area contributed by atoms with E-state index in [1.807, 2.05) is 13.8 Å². The van der Waals surface area contributed by atoms with E-state index in [0.717, 1.165) is 11.7 Å². The molecule has 0 bridgehead atoms. The first-order chi connectivity index (χ1) is 10.9. The van der Waals surface area contributed by atoms with Crippen LogP contribution < -0.4 is 4.72 Å². The number of nitrogens with zero attached hydrogens (tertiary/aromatic N) is 4. The smallest absolute Gasteiger partial charge is 0.244 e. The standard InChI is InChI=1S/C13H15N5O3S2/c1-7(2)12-14-13(21-15-12)8(3)18-23(19,20)10-6-4-5-9-11(10)17-22-16-9/h4-8,18H,1-3H3. The molecule has 0 spiro atoms. The Morgan fingerprint density at radius 3 is 2.70 bits per heavy atom. The molecule has 1 unspecified atom stereocenters. The van der Waals surface area contributed by atoms with Crippen molar-refractivity contribution in [3.05, 3.63) is 29.9 Å². The molecule has 0 fully saturated rings. The summed E-state index contributed by atoms with van der Waals surface area (Å²) in [5, 5.41) is 3.84. The third-order valence-electron chi connectivity index (χ3n) is 3.21. The van der Waals surface area contributed by atoms with Crippen molar-refractivity contribution in [1.29, 1.82) is 0 Å². The molecule has 0 radical (unpaired) electrons. The van der Waals surface area contributed by atoms with Gasteiger partial charge in [-0.1, -0.05) is 25.1 Å². The highest BCUT2D eigenvalue weighted by atomic mass is 32.2. The maximum atomic E-state index is 12.6. The van der Waals surface area contributed by atoms with E-state index in [1.165, 1.54) is 6.07 Å². The number of aromatic nitrogens is 4. The first-order valence-electron chi connectivity index (χ1n) is 6.95. The van der Waals surface area contributed by atoms with Crippen LogP contribution >= 0.6 is 11.7 Å². The van der Waals surface area contributed by atoms with Gasteiger partial charge in [-0.25, -0.2) is 8.42 Å². The number of benzene rings is 1. The first kappa shape index (κ1) is 16.0. The molecule has 1 atom stereocenters. The minimum Gasteiger partial charge on any atom is -0.338 e. The van der Waals surface area contributed by atoms with Gasteiger partial charge in [-0.3, -0.25) is 0 Å². The molecule has 0 saturated carbocycles. The highest BCUT2D eigenvalue weighted by Crippen LogP contribution is 2.23. The van der Waals surface area contributed by atoms with Crippen LogP contribution in [0.15, 0.2) is 27.6 Å². The minimum atomic E-state index is -3.79. The molecule has 122 valence electrons. The van der Waals surface area contributed by atoms with E-state index >= 15 is 0 Å². The Bertz CT molecular complexity index is 932. The second kappa shape index (κ2) is 5.95. The van der Waals surface area contributed by atoms with E-state index in [4.69, 9.17) is 4.52 Å². The van der Waals surface area contributed by atoms with Crippen LogP contribution in [-0.4, -0.2) is 27.3 Å². The monoisotopic (exact) mass is 353 g/mol. The van der Waals surface area contributed by atoms with Crippen LogP contribution in [0.4, 0.5) is 0 Å². The lowest BCUT2D eigenvalue weighted by molar-refractivity contribution is 0.348. The van der Waals surface area contributed by atoms with Gasteiger partial charge in [0.15, 0.2) is 5.82 Å². The molecule has 0 aliphatic rings. The Balaban J connectivity index is 1.89. The molecule has 0 aliphatic heterocycles. The highest BCUT2D eigenvalue weighted by molar-refractivity contribution is 7.89. The Morgan fingerprint density at radius 2 is 2.00 bits per heavy atom. The summed E-state index contributed by atoms with van der Waals surface area (Å²) in [6, 6.07) is 4.19. The fourth-order valence-corrected chi connectivity index (χ4v) is 3.97. The van der Waals surface area contributed by atoms with Crippen molar-refractivity contribution in [3.63, 3.8) is 0 Å². The fraction of sp³-hybridized carbons (Fsp3) is 0.385. The highest BCUT2D eigenvalue weighted by Gasteiger charge is 2.25. The second-order valence-electron chi connectivity index (χ2n) is 5.38. The molecule has 2 aromatic heterocycles. The van der Waals surface area contributed by atoms with Crippen molar-refractivity contribution in [2.75, 3.05) is 0 Å². The van der Waals surface area contributed by atoms with Crippen molar-refractivity contribution in [3.8, 4) is 0 Å². The molecule has 1 aromatic carbocycles. The maximum absolute atomic E-state index is 12.6. The Hall–Kier alpha value is -1.91. The summed E-state index contributed by atoms with van der Waals surface area (Å²) in [6.45, 7) is 5.51. The zero-order valence-electron chi connectivity index (χ0n) is 12.7. The van der Waals surface area contributed by atoms with Gasteiger partial charge >= 0.3 is 0 Å². The lowest BCUT2D eigenvalue weighted by Crippen LogP contribution is -2.27. The number of fused-ring (bicyclic) bond motifs is 1. The molecule has 8 nitrogen and oxygen atoms in total. The van der Waals surface area contributed by atoms with Crippen LogP contribution in [0, 0.1) is 0 Å². The van der Waals surface area contributed by atoms with E-state index in [9.17, 15) is 8.42 Å². The summed E-state index contributed by atoms with van der Waals surface area (Å²) in [4.78, 5) is 4.29. The molecule has 2 heterocycles. The fourth-order valence-electron chi connectivity index (χ4n) is 2.00. The summed E-state index contributed by atoms with van der Waals surface area (Å²) in [7, 11) is -3.79. The molecule has 0 saturated heterocycles. The first-order valence-corrected chi connectivity index (χ1v) is 9.17. The molecule has 0 aliphatic carbocycles. The van der Waals surface area contributed by atoms with Gasteiger partial charge in [-0.2, -0.15) is 18.5 Å². The number of hydrogen-bond donors (Lipinski definition) is 1. The van der Waals surface area contributed by atoms with E-state index in [1.54, 1.807) is 19.1 Å². The van der Waals surface area contributed by atoms with E-state index in [0.29, 0.717) is 16.9 Å². The van der Waals surface area contributed by atoms with E-state index in [2.05, 4.69) is 23.6 Å². The SMILES string of the molecule is CC(C)c1noc(C(C)NS(=O)(=O)c2cccc3nsnc23)n1. The predicted octanol–water partition coefficient (Wildman–Crippen LogP) is 2.24. The predicted molar refractivity (Wildman–Crippen MR) is 84.5 cm³/mol. The zero-order chi connectivity index (χ0) is 16.6. The quantitative estimate of drug-likeness (QED) is 0.748. The summed E-state index contributed by atoms with van der Waals surface area (Å²) < 4.78 is 41.0. The van der Waals surface area contributed by atoms with E-state index < -0.39 is 16.1 Å². The lowest BCUT2D eigenvalue weighted by Gasteiger charge is -2.10. The van der Waals surface area contributed by atoms with Gasteiger partial charge in [0.05, 0.1) is 17.8 Å². The van der Waals surface area contributed by atoms with Crippen LogP contribution in [0.3, 0.4) is 0 Å². The van der Waals surface area contributed by atoms with Crippen molar-refractivity contribution in [2.45, 2.75) is 37.6 Å². The van der Waals surface area contributed by atoms with Crippen LogP contribution in [-0.2, 0) is 10.0 Å². The second-order valence-corrected chi connectivity index (χ2v) is 7.59. The molecule has 3 aromatic rings. The topological polar surface area (TPSA) is 111 Å². The summed E-state index contributed by atoms with van der Waals surface area (Å²) in [5.74, 6) is 0.865. The van der Waals surface area contributed by atoms with Crippen molar-refractivity contribution >= 4 is 32.8 Å². The molecule has 1 N–H and O–H groups in total. The summed E-state index contributed by atoms with van der Waals surface area (Å²) >= 11 is 0.972. The summed E-state index contributed by atoms with van der Waals surface area (Å²) in [5.41, 5.74) is 0.899.